The number of hydrogen-bond donors (Lipinski definition) is 0. The fraction of sp³-hybridized carbons (Fsp3) is 0.400. The Labute approximate surface area is 297 Å². The molecule has 0 fully saturated rings. The maximum Gasteiger partial charge on any atom is 2.00 e. The number of aromatic carboxylic acids is 1. The van der Waals surface area contributed by atoms with E-state index in [9.17, 15) is 49.5 Å². The summed E-state index contributed by atoms with van der Waals surface area (Å²) < 4.78 is 0. The van der Waals surface area contributed by atoms with Gasteiger partial charge in [0.15, 0.2) is 0 Å². The molecular weight excluding hydrogens is 584 g/mol. The summed E-state index contributed by atoms with van der Waals surface area (Å²) in [6, 6.07) is 8.06. The van der Waals surface area contributed by atoms with Crippen LogP contribution in [0, 0.1) is 0 Å². The molecule has 0 aliphatic rings. The van der Waals surface area contributed by atoms with E-state index in [0.717, 1.165) is 0 Å². The molecule has 1 aromatic carbocycles. The number of carboxylic acids is 5. The molecule has 0 unspecified atom stereocenters. The molecule has 1 rings (SSSR count). The first-order valence-electron chi connectivity index (χ1n) is 8.92. The first kappa shape index (κ1) is 60.4. The van der Waals surface area contributed by atoms with Crippen molar-refractivity contribution in [3.63, 3.8) is 0 Å². The maximum absolute atomic E-state index is 10.1. The van der Waals surface area contributed by atoms with Gasteiger partial charge in [0.05, 0.1) is 5.97 Å². The van der Waals surface area contributed by atoms with Crippen LogP contribution in [-0.4, -0.2) is 74.1 Å². The molecule has 12 nitrogen and oxygen atoms in total. The SMILES string of the molecule is CCC(=O)[O-].CCC(=O)[O-].CCC(=O)[O-].CCC(=O)[O-].O=C([O-])c1ccccc1.O=C[O-].[Ca+2].[Na+].[Na+].[Zn+2]. The largest absolute Gasteiger partial charge is 2.00 e. The van der Waals surface area contributed by atoms with Crippen LogP contribution in [0.4, 0.5) is 0 Å². The Hall–Kier alpha value is -0.0769. The number of hydrogen-bond acceptors (Lipinski definition) is 12. The Kier molecular flexibility index (Phi) is 86.5. The summed E-state index contributed by atoms with van der Waals surface area (Å²) >= 11 is 0. The summed E-state index contributed by atoms with van der Waals surface area (Å²) in [4.78, 5) is 55.4. The van der Waals surface area contributed by atoms with Crippen molar-refractivity contribution in [2.24, 2.45) is 0 Å². The van der Waals surface area contributed by atoms with E-state index < -0.39 is 36.3 Å². The maximum atomic E-state index is 10.1. The van der Waals surface area contributed by atoms with Crippen LogP contribution in [0.15, 0.2) is 30.3 Å². The van der Waals surface area contributed by atoms with Crippen molar-refractivity contribution in [3.8, 4) is 0 Å². The molecule has 0 bridgehead atoms. The fourth-order valence-corrected chi connectivity index (χ4v) is 0.574. The minimum absolute atomic E-state index is 0. The number of rotatable bonds is 5. The Morgan fingerprint density at radius 1 is 0.639 bits per heavy atom. The van der Waals surface area contributed by atoms with Crippen LogP contribution in [0.5, 0.6) is 0 Å². The molecule has 1 aromatic rings. The normalized spacial score (nSPS) is 6.67. The van der Waals surface area contributed by atoms with Crippen molar-refractivity contribution in [1.29, 1.82) is 0 Å². The Bertz CT molecular complexity index is 595. The van der Waals surface area contributed by atoms with E-state index >= 15 is 0 Å². The van der Waals surface area contributed by atoms with Crippen LogP contribution in [0.3, 0.4) is 0 Å². The Morgan fingerprint density at radius 2 is 0.806 bits per heavy atom. The van der Waals surface area contributed by atoms with Gasteiger partial charge >= 0.3 is 116 Å². The number of benzene rings is 1. The van der Waals surface area contributed by atoms with Crippen molar-refractivity contribution in [2.75, 3.05) is 0 Å². The van der Waals surface area contributed by atoms with E-state index in [2.05, 4.69) is 0 Å². The van der Waals surface area contributed by atoms with Gasteiger partial charge in [-0.1, -0.05) is 58.0 Å². The average Bonchev–Trinajstić information content (AvgIpc) is 2.76. The van der Waals surface area contributed by atoms with Gasteiger partial charge in [0.1, 0.15) is 0 Å². The second-order valence-electron chi connectivity index (χ2n) is 4.65. The second-order valence-corrected chi connectivity index (χ2v) is 4.65. The van der Waals surface area contributed by atoms with Gasteiger partial charge < -0.3 is 59.4 Å². The summed E-state index contributed by atoms with van der Waals surface area (Å²) in [5, 5.41) is 55.4. The zero-order chi connectivity index (χ0) is 26.5. The molecule has 0 radical (unpaired) electrons. The van der Waals surface area contributed by atoms with E-state index in [-0.39, 0.29) is 148 Å². The quantitative estimate of drug-likeness (QED) is 0.223. The molecule has 0 N–H and O–H groups in total. The Morgan fingerprint density at radius 3 is 0.889 bits per heavy atom. The zero-order valence-corrected chi connectivity index (χ0v) is 30.8. The predicted molar refractivity (Wildman–Crippen MR) is 104 cm³/mol. The van der Waals surface area contributed by atoms with E-state index in [0.29, 0.717) is 0 Å². The smallest absolute Gasteiger partial charge is 0.554 e. The summed E-state index contributed by atoms with van der Waals surface area (Å²) in [7, 11) is 0. The van der Waals surface area contributed by atoms with E-state index in [1.54, 1.807) is 18.2 Å². The van der Waals surface area contributed by atoms with Crippen LogP contribution in [0.25, 0.3) is 0 Å². The minimum Gasteiger partial charge on any atom is -0.554 e. The van der Waals surface area contributed by atoms with E-state index in [4.69, 9.17) is 9.90 Å². The molecule has 0 aromatic heterocycles. The van der Waals surface area contributed by atoms with Gasteiger partial charge in [0.2, 0.25) is 0 Å². The van der Waals surface area contributed by atoms with Gasteiger partial charge in [-0.25, -0.2) is 0 Å². The average molecular weight is 610 g/mol. The predicted octanol–water partition coefficient (Wildman–Crippen LogP) is -11.4. The first-order valence-corrected chi connectivity index (χ1v) is 8.92. The monoisotopic (exact) mass is 608 g/mol. The van der Waals surface area contributed by atoms with Crippen LogP contribution >= 0.6 is 0 Å². The fourth-order valence-electron chi connectivity index (χ4n) is 0.574. The van der Waals surface area contributed by atoms with Crippen LogP contribution in [0.2, 0.25) is 0 Å². The second kappa shape index (κ2) is 51.5. The molecule has 0 aliphatic heterocycles. The summed E-state index contributed by atoms with van der Waals surface area (Å²) in [5.41, 5.74) is 0.220. The number of carbonyl (C=O) groups is 6. The van der Waals surface area contributed by atoms with Crippen LogP contribution in [0.1, 0.15) is 63.7 Å². The van der Waals surface area contributed by atoms with Gasteiger partial charge in [-0.3, -0.25) is 0 Å². The molecule has 0 spiro atoms. The number of aliphatic carboxylic acids is 4. The molecule has 0 aliphatic carbocycles. The Balaban J connectivity index is -0.0000000351. The van der Waals surface area contributed by atoms with Crippen molar-refractivity contribution < 1.29 is 138 Å². The van der Waals surface area contributed by atoms with Crippen LogP contribution < -0.4 is 89.8 Å². The number of carbonyl (C=O) groups excluding carboxylic acids is 6. The topological polar surface area (TPSA) is 241 Å². The van der Waals surface area contributed by atoms with Crippen molar-refractivity contribution in [2.45, 2.75) is 53.4 Å². The van der Waals surface area contributed by atoms with Gasteiger partial charge in [-0.15, -0.1) is 0 Å². The molecule has 0 saturated heterocycles. The van der Waals surface area contributed by atoms with Crippen molar-refractivity contribution in [3.05, 3.63) is 35.9 Å². The van der Waals surface area contributed by atoms with Crippen LogP contribution in [-0.2, 0) is 43.5 Å². The summed E-state index contributed by atoms with van der Waals surface area (Å²) in [6.07, 6.45) is 0.444. The minimum atomic E-state index is -1.13. The third kappa shape index (κ3) is 92.6. The van der Waals surface area contributed by atoms with Gasteiger partial charge in [0.25, 0.3) is 0 Å². The standard InChI is InChI=1S/C7H6O2.4C3H6O2.CH2O2.Ca.2Na.Zn/c8-7(9)6-4-2-1-3-5-6;4*1-2-3(4)5;2-1-3;;;;/h1-5H,(H,8,9);4*2H2,1H3,(H,4,5);1H,(H,2,3);;;;/q;;;;;;+2;2*+1;+2/p-6. The van der Waals surface area contributed by atoms with Gasteiger partial charge in [-0.05, 0) is 31.2 Å². The molecule has 0 atom stereocenters. The van der Waals surface area contributed by atoms with Crippen molar-refractivity contribution in [1.82, 2.24) is 0 Å². The number of carboxylic acid groups (broad SMARTS) is 6. The molecule has 16 heteroatoms. The van der Waals surface area contributed by atoms with E-state index in [1.165, 1.54) is 39.8 Å². The molecule has 36 heavy (non-hydrogen) atoms. The van der Waals surface area contributed by atoms with Gasteiger partial charge in [-0.2, -0.15) is 0 Å². The zero-order valence-electron chi connectivity index (χ0n) is 21.6. The molecule has 184 valence electrons. The summed E-state index contributed by atoms with van der Waals surface area (Å²) in [6.45, 7) is 5.65. The first-order chi connectivity index (χ1) is 14.8. The van der Waals surface area contributed by atoms with Gasteiger partial charge in [0, 0.05) is 30.3 Å². The third-order valence-electron chi connectivity index (χ3n) is 2.16. The molecule has 0 heterocycles. The summed E-state index contributed by atoms with van der Waals surface area (Å²) in [5.74, 6) is -5.11. The third-order valence-corrected chi connectivity index (χ3v) is 2.16. The van der Waals surface area contributed by atoms with Crippen molar-refractivity contribution >= 4 is 74.1 Å². The molecule has 0 saturated carbocycles. The van der Waals surface area contributed by atoms with E-state index in [1.807, 2.05) is 0 Å². The molecular formula is C20H26CaNa2O12Zn. The molecule has 0 amide bonds.